The highest BCUT2D eigenvalue weighted by atomic mass is 79.9. The molecule has 0 N–H and O–H groups in total. The molecule has 1 aromatic heterocycles. The minimum atomic E-state index is 0.909. The molecule has 0 saturated heterocycles. The van der Waals surface area contributed by atoms with Crippen molar-refractivity contribution in [3.05, 3.63) is 53.0 Å². The van der Waals surface area contributed by atoms with Crippen LogP contribution >= 0.6 is 15.9 Å². The fourth-order valence-corrected chi connectivity index (χ4v) is 3.27. The molecule has 3 rings (SSSR count). The molecule has 0 bridgehead atoms. The molecule has 0 aliphatic heterocycles. The number of halogens is 1. The van der Waals surface area contributed by atoms with Crippen molar-refractivity contribution in [1.29, 1.82) is 0 Å². The number of nitrogens with zero attached hydrogens (tertiary/aromatic N) is 3. The topological polar surface area (TPSA) is 21.1 Å². The normalized spacial score (nSPS) is 11.5. The van der Waals surface area contributed by atoms with E-state index in [1.807, 2.05) is 6.07 Å². The Labute approximate surface area is 146 Å². The number of hydrogen-bond acceptors (Lipinski definition) is 2. The number of rotatable bonds is 6. The largest absolute Gasteiger partial charge is 0.302 e. The van der Waals surface area contributed by atoms with Gasteiger partial charge < -0.3 is 4.90 Å². The predicted octanol–water partition coefficient (Wildman–Crippen LogP) is 4.81. The Morgan fingerprint density at radius 2 is 1.78 bits per heavy atom. The Bertz CT molecular complexity index is 776. The van der Waals surface area contributed by atoms with E-state index in [1.165, 1.54) is 10.9 Å². The van der Waals surface area contributed by atoms with Crippen LogP contribution < -0.4 is 0 Å². The van der Waals surface area contributed by atoms with Gasteiger partial charge in [-0.3, -0.25) is 4.68 Å². The van der Waals surface area contributed by atoms with Crippen molar-refractivity contribution in [3.8, 4) is 11.3 Å². The first-order valence-electron chi connectivity index (χ1n) is 8.16. The summed E-state index contributed by atoms with van der Waals surface area (Å²) in [6.07, 6.45) is 0. The zero-order valence-corrected chi connectivity index (χ0v) is 15.3. The molecule has 1 heterocycles. The van der Waals surface area contributed by atoms with Gasteiger partial charge in [-0.1, -0.05) is 60.1 Å². The summed E-state index contributed by atoms with van der Waals surface area (Å²) in [7, 11) is 0. The molecular formula is C19H22BrN3. The standard InChI is InChI=1S/C19H22BrN3/c1-3-22(4-2)12-13-23-18-11-10-16(20)14-17(18)19(21-23)15-8-6-5-7-9-15/h5-11,14H,3-4,12-13H2,1-2H3. The molecule has 0 fully saturated rings. The molecule has 120 valence electrons. The first-order chi connectivity index (χ1) is 11.2. The van der Waals surface area contributed by atoms with E-state index in [0.717, 1.165) is 41.9 Å². The average molecular weight is 372 g/mol. The second kappa shape index (κ2) is 7.28. The van der Waals surface area contributed by atoms with Gasteiger partial charge in [-0.05, 0) is 31.3 Å². The van der Waals surface area contributed by atoms with Gasteiger partial charge in [-0.15, -0.1) is 0 Å². The molecule has 4 heteroatoms. The number of aromatic nitrogens is 2. The summed E-state index contributed by atoms with van der Waals surface area (Å²) in [5.41, 5.74) is 3.41. The first-order valence-corrected chi connectivity index (χ1v) is 8.96. The van der Waals surface area contributed by atoms with Crippen LogP contribution in [0.1, 0.15) is 13.8 Å². The lowest BCUT2D eigenvalue weighted by atomic mass is 10.1. The van der Waals surface area contributed by atoms with Crippen molar-refractivity contribution in [2.24, 2.45) is 0 Å². The number of fused-ring (bicyclic) bond motifs is 1. The van der Waals surface area contributed by atoms with Gasteiger partial charge in [0.1, 0.15) is 5.69 Å². The van der Waals surface area contributed by atoms with Gasteiger partial charge in [0.2, 0.25) is 0 Å². The minimum absolute atomic E-state index is 0.909. The van der Waals surface area contributed by atoms with E-state index in [1.54, 1.807) is 0 Å². The van der Waals surface area contributed by atoms with Gasteiger partial charge in [0.25, 0.3) is 0 Å². The zero-order valence-electron chi connectivity index (χ0n) is 13.7. The molecule has 3 nitrogen and oxygen atoms in total. The Hall–Kier alpha value is -1.65. The van der Waals surface area contributed by atoms with Gasteiger partial charge in [-0.2, -0.15) is 5.10 Å². The van der Waals surface area contributed by atoms with Gasteiger partial charge in [-0.25, -0.2) is 0 Å². The van der Waals surface area contributed by atoms with Crippen molar-refractivity contribution in [2.75, 3.05) is 19.6 Å². The Kier molecular flexibility index (Phi) is 5.13. The van der Waals surface area contributed by atoms with Crippen LogP contribution in [-0.4, -0.2) is 34.3 Å². The predicted molar refractivity (Wildman–Crippen MR) is 101 cm³/mol. The molecule has 0 spiro atoms. The van der Waals surface area contributed by atoms with Crippen LogP contribution in [0, 0.1) is 0 Å². The summed E-state index contributed by atoms with van der Waals surface area (Å²) in [5.74, 6) is 0. The van der Waals surface area contributed by atoms with Crippen LogP contribution in [0.3, 0.4) is 0 Å². The van der Waals surface area contributed by atoms with Gasteiger partial charge in [0.05, 0.1) is 12.1 Å². The molecule has 23 heavy (non-hydrogen) atoms. The summed E-state index contributed by atoms with van der Waals surface area (Å²) in [6, 6.07) is 16.8. The molecule has 0 aliphatic rings. The van der Waals surface area contributed by atoms with E-state index in [0.29, 0.717) is 0 Å². The Balaban J connectivity index is 2.02. The zero-order chi connectivity index (χ0) is 16.2. The number of benzene rings is 2. The van der Waals surface area contributed by atoms with E-state index in [-0.39, 0.29) is 0 Å². The van der Waals surface area contributed by atoms with Crippen LogP contribution in [0.2, 0.25) is 0 Å². The summed E-state index contributed by atoms with van der Waals surface area (Å²) in [4.78, 5) is 2.43. The molecule has 0 radical (unpaired) electrons. The number of likely N-dealkylation sites (N-methyl/N-ethyl adjacent to an activating group) is 1. The van der Waals surface area contributed by atoms with E-state index in [2.05, 4.69) is 81.8 Å². The molecule has 0 saturated carbocycles. The van der Waals surface area contributed by atoms with Crippen molar-refractivity contribution < 1.29 is 0 Å². The van der Waals surface area contributed by atoms with Crippen LogP contribution in [0.5, 0.6) is 0 Å². The van der Waals surface area contributed by atoms with Gasteiger partial charge in [0, 0.05) is 22.0 Å². The minimum Gasteiger partial charge on any atom is -0.302 e. The lowest BCUT2D eigenvalue weighted by molar-refractivity contribution is 0.287. The molecule has 3 aromatic rings. The molecule has 0 amide bonds. The summed E-state index contributed by atoms with van der Waals surface area (Å²) in [6.45, 7) is 8.49. The first kappa shape index (κ1) is 16.2. The van der Waals surface area contributed by atoms with Crippen LogP contribution in [0.4, 0.5) is 0 Å². The summed E-state index contributed by atoms with van der Waals surface area (Å²) >= 11 is 3.59. The highest BCUT2D eigenvalue weighted by Gasteiger charge is 2.13. The molecule has 0 unspecified atom stereocenters. The van der Waals surface area contributed by atoms with Crippen molar-refractivity contribution >= 4 is 26.8 Å². The Morgan fingerprint density at radius 1 is 1.04 bits per heavy atom. The second-order valence-electron chi connectivity index (χ2n) is 5.63. The highest BCUT2D eigenvalue weighted by Crippen LogP contribution is 2.30. The van der Waals surface area contributed by atoms with E-state index < -0.39 is 0 Å². The maximum atomic E-state index is 4.91. The van der Waals surface area contributed by atoms with Crippen molar-refractivity contribution in [3.63, 3.8) is 0 Å². The third-order valence-electron chi connectivity index (χ3n) is 4.28. The Morgan fingerprint density at radius 3 is 2.48 bits per heavy atom. The highest BCUT2D eigenvalue weighted by molar-refractivity contribution is 9.10. The molecular weight excluding hydrogens is 350 g/mol. The van der Waals surface area contributed by atoms with E-state index in [9.17, 15) is 0 Å². The van der Waals surface area contributed by atoms with Crippen LogP contribution in [-0.2, 0) is 6.54 Å². The van der Waals surface area contributed by atoms with Crippen molar-refractivity contribution in [1.82, 2.24) is 14.7 Å². The van der Waals surface area contributed by atoms with E-state index in [4.69, 9.17) is 5.10 Å². The smallest absolute Gasteiger partial charge is 0.100 e. The van der Waals surface area contributed by atoms with E-state index >= 15 is 0 Å². The van der Waals surface area contributed by atoms with Gasteiger partial charge in [0.15, 0.2) is 0 Å². The third kappa shape index (κ3) is 3.48. The van der Waals surface area contributed by atoms with Gasteiger partial charge >= 0.3 is 0 Å². The average Bonchev–Trinajstić information content (AvgIpc) is 2.94. The second-order valence-corrected chi connectivity index (χ2v) is 6.54. The maximum Gasteiger partial charge on any atom is 0.100 e. The monoisotopic (exact) mass is 371 g/mol. The summed E-state index contributed by atoms with van der Waals surface area (Å²) in [5, 5.41) is 6.11. The lowest BCUT2D eigenvalue weighted by Crippen LogP contribution is -2.27. The maximum absolute atomic E-state index is 4.91. The molecule has 0 atom stereocenters. The SMILES string of the molecule is CCN(CC)CCn1nc(-c2ccccc2)c2cc(Br)ccc21. The molecule has 2 aromatic carbocycles. The number of hydrogen-bond donors (Lipinski definition) is 0. The van der Waals surface area contributed by atoms with Crippen LogP contribution in [0.15, 0.2) is 53.0 Å². The lowest BCUT2D eigenvalue weighted by Gasteiger charge is -2.17. The fourth-order valence-electron chi connectivity index (χ4n) is 2.91. The quantitative estimate of drug-likeness (QED) is 0.619. The third-order valence-corrected chi connectivity index (χ3v) is 4.78. The van der Waals surface area contributed by atoms with Crippen molar-refractivity contribution in [2.45, 2.75) is 20.4 Å². The van der Waals surface area contributed by atoms with Crippen LogP contribution in [0.25, 0.3) is 22.2 Å². The fraction of sp³-hybridized carbons (Fsp3) is 0.316. The summed E-state index contributed by atoms with van der Waals surface area (Å²) < 4.78 is 3.23. The molecule has 0 aliphatic carbocycles.